The molecule has 3 atom stereocenters. The van der Waals surface area contributed by atoms with Crippen molar-refractivity contribution in [3.63, 3.8) is 0 Å². The molecular weight excluding hydrogens is 216 g/mol. The van der Waals surface area contributed by atoms with Crippen LogP contribution in [0.25, 0.3) is 0 Å². The second kappa shape index (κ2) is 4.30. The van der Waals surface area contributed by atoms with Gasteiger partial charge in [0.1, 0.15) is 0 Å². The van der Waals surface area contributed by atoms with Gasteiger partial charge in [0.25, 0.3) is 0 Å². The summed E-state index contributed by atoms with van der Waals surface area (Å²) in [6, 6.07) is 0. The van der Waals surface area contributed by atoms with Crippen LogP contribution >= 0.6 is 0 Å². The van der Waals surface area contributed by atoms with Crippen molar-refractivity contribution in [2.24, 2.45) is 11.8 Å². The molecule has 0 heterocycles. The summed E-state index contributed by atoms with van der Waals surface area (Å²) in [4.78, 5) is 11.8. The van der Waals surface area contributed by atoms with Gasteiger partial charge in [-0.1, -0.05) is 23.3 Å². The van der Waals surface area contributed by atoms with E-state index in [1.807, 2.05) is 26.0 Å². The Hall–Kier alpha value is -1.09. The number of esters is 1. The molecule has 0 saturated heterocycles. The summed E-state index contributed by atoms with van der Waals surface area (Å²) in [5.41, 5.74) is 1.60. The van der Waals surface area contributed by atoms with Crippen LogP contribution in [0.2, 0.25) is 0 Å². The number of carbonyl (C=O) groups excluding carboxylic acids is 1. The Morgan fingerprint density at radius 1 is 1.59 bits per heavy atom. The SMILES string of the molecule is COC(=O)[C@@H]1C=CC(C)=C2CCC[C@](C)(O)[C@H]21. The fourth-order valence-electron chi connectivity index (χ4n) is 3.19. The molecule has 0 aliphatic heterocycles. The quantitative estimate of drug-likeness (QED) is 0.710. The molecule has 0 amide bonds. The molecular formula is C14H20O3. The number of hydrogen-bond donors (Lipinski definition) is 1. The van der Waals surface area contributed by atoms with E-state index >= 15 is 0 Å². The number of ether oxygens (including phenoxy) is 1. The molecule has 2 aliphatic rings. The highest BCUT2D eigenvalue weighted by Crippen LogP contribution is 2.46. The molecule has 1 N–H and O–H groups in total. The highest BCUT2D eigenvalue weighted by Gasteiger charge is 2.46. The van der Waals surface area contributed by atoms with Crippen LogP contribution in [-0.2, 0) is 9.53 Å². The first kappa shape index (κ1) is 12.4. The maximum atomic E-state index is 11.8. The van der Waals surface area contributed by atoms with Crippen molar-refractivity contribution in [1.29, 1.82) is 0 Å². The van der Waals surface area contributed by atoms with Crippen LogP contribution in [0.3, 0.4) is 0 Å². The topological polar surface area (TPSA) is 46.5 Å². The van der Waals surface area contributed by atoms with Crippen molar-refractivity contribution in [1.82, 2.24) is 0 Å². The lowest BCUT2D eigenvalue weighted by Gasteiger charge is -2.43. The van der Waals surface area contributed by atoms with Gasteiger partial charge in [-0.3, -0.25) is 4.79 Å². The van der Waals surface area contributed by atoms with Gasteiger partial charge in [0.15, 0.2) is 0 Å². The lowest BCUT2D eigenvalue weighted by molar-refractivity contribution is -0.149. The monoisotopic (exact) mass is 236 g/mol. The van der Waals surface area contributed by atoms with E-state index in [0.29, 0.717) is 0 Å². The molecule has 0 unspecified atom stereocenters. The van der Waals surface area contributed by atoms with Gasteiger partial charge in [-0.2, -0.15) is 0 Å². The minimum Gasteiger partial charge on any atom is -0.469 e. The maximum absolute atomic E-state index is 11.8. The van der Waals surface area contributed by atoms with Crippen LogP contribution in [-0.4, -0.2) is 23.8 Å². The minimum atomic E-state index is -0.807. The van der Waals surface area contributed by atoms with Crippen LogP contribution in [0, 0.1) is 11.8 Å². The molecule has 0 spiro atoms. The highest BCUT2D eigenvalue weighted by molar-refractivity contribution is 5.76. The second-order valence-corrected chi connectivity index (χ2v) is 5.30. The second-order valence-electron chi connectivity index (χ2n) is 5.30. The number of rotatable bonds is 1. The maximum Gasteiger partial charge on any atom is 0.313 e. The van der Waals surface area contributed by atoms with E-state index < -0.39 is 5.60 Å². The molecule has 2 rings (SSSR count). The molecule has 0 aromatic heterocycles. The molecule has 94 valence electrons. The van der Waals surface area contributed by atoms with E-state index in [0.717, 1.165) is 19.3 Å². The zero-order valence-electron chi connectivity index (χ0n) is 10.7. The Morgan fingerprint density at radius 2 is 2.29 bits per heavy atom. The van der Waals surface area contributed by atoms with E-state index in [9.17, 15) is 9.90 Å². The van der Waals surface area contributed by atoms with E-state index in [-0.39, 0.29) is 17.8 Å². The fraction of sp³-hybridized carbons (Fsp3) is 0.643. The van der Waals surface area contributed by atoms with Gasteiger partial charge in [-0.25, -0.2) is 0 Å². The van der Waals surface area contributed by atoms with Crippen molar-refractivity contribution in [2.75, 3.05) is 7.11 Å². The fourth-order valence-corrected chi connectivity index (χ4v) is 3.19. The van der Waals surface area contributed by atoms with Crippen molar-refractivity contribution in [3.05, 3.63) is 23.3 Å². The van der Waals surface area contributed by atoms with Gasteiger partial charge in [0.05, 0.1) is 18.6 Å². The third kappa shape index (κ3) is 2.04. The molecule has 3 heteroatoms. The number of allylic oxidation sites excluding steroid dienone is 2. The molecule has 0 aromatic rings. The van der Waals surface area contributed by atoms with Gasteiger partial charge in [0.2, 0.25) is 0 Å². The Balaban J connectivity index is 2.41. The number of hydrogen-bond acceptors (Lipinski definition) is 3. The average Bonchev–Trinajstić information content (AvgIpc) is 2.29. The van der Waals surface area contributed by atoms with E-state index in [2.05, 4.69) is 0 Å². The zero-order chi connectivity index (χ0) is 12.6. The van der Waals surface area contributed by atoms with Gasteiger partial charge in [-0.05, 0) is 33.1 Å². The summed E-state index contributed by atoms with van der Waals surface area (Å²) in [6.45, 7) is 3.88. The van der Waals surface area contributed by atoms with Gasteiger partial charge in [-0.15, -0.1) is 0 Å². The predicted octanol–water partition coefficient (Wildman–Crippen LogP) is 2.21. The lowest BCUT2D eigenvalue weighted by atomic mass is 9.64. The van der Waals surface area contributed by atoms with Gasteiger partial charge >= 0.3 is 5.97 Å². The molecule has 1 fully saturated rings. The summed E-state index contributed by atoms with van der Waals surface area (Å²) >= 11 is 0. The highest BCUT2D eigenvalue weighted by atomic mass is 16.5. The third-order valence-electron chi connectivity index (χ3n) is 4.07. The van der Waals surface area contributed by atoms with Gasteiger partial charge in [0, 0.05) is 5.92 Å². The Labute approximate surface area is 102 Å². The van der Waals surface area contributed by atoms with Crippen LogP contribution in [0.1, 0.15) is 33.1 Å². The molecule has 0 aromatic carbocycles. The van der Waals surface area contributed by atoms with E-state index in [4.69, 9.17) is 4.74 Å². The van der Waals surface area contributed by atoms with Crippen LogP contribution in [0.5, 0.6) is 0 Å². The first-order valence-corrected chi connectivity index (χ1v) is 6.15. The van der Waals surface area contributed by atoms with Crippen molar-refractivity contribution >= 4 is 5.97 Å². The van der Waals surface area contributed by atoms with Crippen molar-refractivity contribution in [2.45, 2.75) is 38.7 Å². The molecule has 0 radical (unpaired) electrons. The number of methoxy groups -OCH3 is 1. The Kier molecular flexibility index (Phi) is 3.13. The number of fused-ring (bicyclic) bond motifs is 1. The summed E-state index contributed by atoms with van der Waals surface area (Å²) in [5, 5.41) is 10.5. The number of carbonyl (C=O) groups is 1. The first-order chi connectivity index (χ1) is 7.97. The molecule has 0 bridgehead atoms. The summed E-state index contributed by atoms with van der Waals surface area (Å²) in [5.74, 6) is -0.707. The van der Waals surface area contributed by atoms with Crippen LogP contribution in [0.15, 0.2) is 23.3 Å². The van der Waals surface area contributed by atoms with Gasteiger partial charge < -0.3 is 9.84 Å². The number of aliphatic hydroxyl groups is 1. The third-order valence-corrected chi connectivity index (χ3v) is 4.07. The van der Waals surface area contributed by atoms with E-state index in [1.54, 1.807) is 0 Å². The minimum absolute atomic E-state index is 0.117. The van der Waals surface area contributed by atoms with Crippen LogP contribution in [0.4, 0.5) is 0 Å². The summed E-state index contributed by atoms with van der Waals surface area (Å²) in [7, 11) is 1.40. The summed E-state index contributed by atoms with van der Waals surface area (Å²) < 4.78 is 4.84. The largest absolute Gasteiger partial charge is 0.469 e. The molecule has 3 nitrogen and oxygen atoms in total. The molecule has 2 aliphatic carbocycles. The van der Waals surface area contributed by atoms with Crippen molar-refractivity contribution in [3.8, 4) is 0 Å². The lowest BCUT2D eigenvalue weighted by Crippen LogP contribution is -2.46. The summed E-state index contributed by atoms with van der Waals surface area (Å²) in [6.07, 6.45) is 6.56. The van der Waals surface area contributed by atoms with Crippen LogP contribution < -0.4 is 0 Å². The standard InChI is InChI=1S/C14H20O3/c1-9-6-7-11(13(15)17-3)12-10(9)5-4-8-14(12,2)16/h6-7,11-12,16H,4-5,8H2,1-3H3/t11-,12-,14+/m1/s1. The zero-order valence-corrected chi connectivity index (χ0v) is 10.7. The molecule has 17 heavy (non-hydrogen) atoms. The Bertz CT molecular complexity index is 390. The molecule has 1 saturated carbocycles. The average molecular weight is 236 g/mol. The first-order valence-electron chi connectivity index (χ1n) is 6.15. The van der Waals surface area contributed by atoms with E-state index in [1.165, 1.54) is 18.3 Å². The normalized spacial score (nSPS) is 36.7. The van der Waals surface area contributed by atoms with Crippen molar-refractivity contribution < 1.29 is 14.6 Å². The predicted molar refractivity (Wildman–Crippen MR) is 65.3 cm³/mol. The smallest absolute Gasteiger partial charge is 0.313 e. The Morgan fingerprint density at radius 3 is 2.94 bits per heavy atom.